The highest BCUT2D eigenvalue weighted by Crippen LogP contribution is 2.30. The molecular formula is C24H20N2O3. The van der Waals surface area contributed by atoms with Crippen LogP contribution in [0.2, 0.25) is 0 Å². The summed E-state index contributed by atoms with van der Waals surface area (Å²) in [5, 5.41) is 12.2. The summed E-state index contributed by atoms with van der Waals surface area (Å²) in [4.78, 5) is 17.7. The monoisotopic (exact) mass is 384 g/mol. The molecule has 0 saturated carbocycles. The van der Waals surface area contributed by atoms with Gasteiger partial charge in [0.15, 0.2) is 0 Å². The van der Waals surface area contributed by atoms with Crippen LogP contribution in [-0.4, -0.2) is 23.0 Å². The van der Waals surface area contributed by atoms with Crippen LogP contribution in [0, 0.1) is 6.92 Å². The fraction of sp³-hybridized carbons (Fsp3) is 0.0833. The van der Waals surface area contributed by atoms with Gasteiger partial charge >= 0.3 is 0 Å². The maximum atomic E-state index is 13.2. The molecule has 1 aromatic heterocycles. The molecule has 0 aliphatic rings. The Hall–Kier alpha value is -3.86. The Balaban J connectivity index is 2.01. The SMILES string of the molecule is COc1ccccc1-n1c(O)c(C=Nc2cccc(C)c2)c2ccccc2c1=O. The van der Waals surface area contributed by atoms with Crippen molar-refractivity contribution in [3.63, 3.8) is 0 Å². The molecule has 0 aliphatic heterocycles. The number of aryl methyl sites for hydroxylation is 1. The third-order valence-corrected chi connectivity index (χ3v) is 4.77. The summed E-state index contributed by atoms with van der Waals surface area (Å²) in [5.74, 6) is 0.302. The zero-order valence-electron chi connectivity index (χ0n) is 16.2. The van der Waals surface area contributed by atoms with Crippen LogP contribution in [0.1, 0.15) is 11.1 Å². The van der Waals surface area contributed by atoms with E-state index in [0.29, 0.717) is 27.8 Å². The molecule has 0 aliphatic carbocycles. The number of aromatic nitrogens is 1. The summed E-state index contributed by atoms with van der Waals surface area (Å²) in [5.41, 5.74) is 2.47. The van der Waals surface area contributed by atoms with Gasteiger partial charge in [-0.15, -0.1) is 0 Å². The second kappa shape index (κ2) is 7.64. The van der Waals surface area contributed by atoms with Gasteiger partial charge < -0.3 is 9.84 Å². The molecule has 0 saturated heterocycles. The van der Waals surface area contributed by atoms with E-state index in [0.717, 1.165) is 11.3 Å². The molecule has 5 nitrogen and oxygen atoms in total. The molecule has 0 amide bonds. The van der Waals surface area contributed by atoms with Crippen molar-refractivity contribution >= 4 is 22.7 Å². The van der Waals surface area contributed by atoms with Crippen molar-refractivity contribution in [2.75, 3.05) is 7.11 Å². The molecule has 4 aromatic rings. The fourth-order valence-electron chi connectivity index (χ4n) is 3.37. The Morgan fingerprint density at radius 1 is 0.966 bits per heavy atom. The first kappa shape index (κ1) is 18.5. The molecule has 4 rings (SSSR count). The number of aromatic hydroxyl groups is 1. The van der Waals surface area contributed by atoms with Crippen molar-refractivity contribution in [1.82, 2.24) is 4.57 Å². The van der Waals surface area contributed by atoms with E-state index in [1.807, 2.05) is 43.3 Å². The van der Waals surface area contributed by atoms with Crippen LogP contribution < -0.4 is 10.3 Å². The van der Waals surface area contributed by atoms with Crippen molar-refractivity contribution in [1.29, 1.82) is 0 Å². The summed E-state index contributed by atoms with van der Waals surface area (Å²) in [6.07, 6.45) is 1.60. The first-order valence-corrected chi connectivity index (χ1v) is 9.21. The number of aliphatic imine (C=N–C) groups is 1. The summed E-state index contributed by atoms with van der Waals surface area (Å²) in [7, 11) is 1.53. The zero-order chi connectivity index (χ0) is 20.4. The number of fused-ring (bicyclic) bond motifs is 1. The van der Waals surface area contributed by atoms with Gasteiger partial charge in [-0.1, -0.05) is 42.5 Å². The standard InChI is InChI=1S/C24H20N2O3/c1-16-8-7-9-17(14-16)25-15-20-18-10-3-4-11-19(18)23(27)26(24(20)28)21-12-5-6-13-22(21)29-2/h3-15,28H,1-2H3. The lowest BCUT2D eigenvalue weighted by atomic mass is 10.1. The normalized spacial score (nSPS) is 11.2. The van der Waals surface area contributed by atoms with E-state index in [1.54, 1.807) is 42.6 Å². The lowest BCUT2D eigenvalue weighted by Gasteiger charge is -2.16. The van der Waals surface area contributed by atoms with E-state index in [2.05, 4.69) is 4.99 Å². The van der Waals surface area contributed by atoms with Crippen molar-refractivity contribution < 1.29 is 9.84 Å². The Morgan fingerprint density at radius 3 is 2.45 bits per heavy atom. The predicted octanol–water partition coefficient (Wildman–Crippen LogP) is 4.76. The minimum atomic E-state index is -0.324. The number of nitrogens with zero attached hydrogens (tertiary/aromatic N) is 2. The largest absolute Gasteiger partial charge is 0.495 e. The molecule has 0 radical (unpaired) electrons. The van der Waals surface area contributed by atoms with Crippen LogP contribution in [0.5, 0.6) is 11.6 Å². The van der Waals surface area contributed by atoms with Gasteiger partial charge in [0.25, 0.3) is 5.56 Å². The van der Waals surface area contributed by atoms with E-state index in [1.165, 1.54) is 11.7 Å². The Labute approximate surface area is 168 Å². The van der Waals surface area contributed by atoms with E-state index in [4.69, 9.17) is 4.74 Å². The van der Waals surface area contributed by atoms with E-state index >= 15 is 0 Å². The maximum Gasteiger partial charge on any atom is 0.265 e. The van der Waals surface area contributed by atoms with E-state index < -0.39 is 0 Å². The minimum Gasteiger partial charge on any atom is -0.495 e. The average molecular weight is 384 g/mol. The Kier molecular flexibility index (Phi) is 4.87. The first-order valence-electron chi connectivity index (χ1n) is 9.21. The summed E-state index contributed by atoms with van der Waals surface area (Å²) < 4.78 is 6.66. The number of pyridine rings is 1. The zero-order valence-corrected chi connectivity index (χ0v) is 16.2. The van der Waals surface area contributed by atoms with Crippen molar-refractivity contribution in [3.8, 4) is 17.3 Å². The Bertz CT molecular complexity index is 1290. The van der Waals surface area contributed by atoms with Crippen LogP contribution in [0.4, 0.5) is 5.69 Å². The van der Waals surface area contributed by atoms with Crippen LogP contribution in [0.25, 0.3) is 16.5 Å². The molecule has 0 spiro atoms. The predicted molar refractivity (Wildman–Crippen MR) is 116 cm³/mol. The smallest absolute Gasteiger partial charge is 0.265 e. The molecule has 144 valence electrons. The second-order valence-corrected chi connectivity index (χ2v) is 6.69. The van der Waals surface area contributed by atoms with Gasteiger partial charge in [0.05, 0.1) is 24.0 Å². The minimum absolute atomic E-state index is 0.186. The van der Waals surface area contributed by atoms with Crippen LogP contribution in [-0.2, 0) is 0 Å². The molecule has 0 unspecified atom stereocenters. The second-order valence-electron chi connectivity index (χ2n) is 6.69. The lowest BCUT2D eigenvalue weighted by molar-refractivity contribution is 0.404. The topological polar surface area (TPSA) is 63.8 Å². The van der Waals surface area contributed by atoms with Gasteiger partial charge in [-0.3, -0.25) is 9.79 Å². The van der Waals surface area contributed by atoms with E-state index in [-0.39, 0.29) is 11.4 Å². The molecule has 0 bridgehead atoms. The van der Waals surface area contributed by atoms with E-state index in [9.17, 15) is 9.90 Å². The fourth-order valence-corrected chi connectivity index (χ4v) is 3.37. The summed E-state index contributed by atoms with van der Waals surface area (Å²) >= 11 is 0. The maximum absolute atomic E-state index is 13.2. The third-order valence-electron chi connectivity index (χ3n) is 4.77. The summed E-state index contributed by atoms with van der Waals surface area (Å²) in [6, 6.07) is 22.0. The lowest BCUT2D eigenvalue weighted by Crippen LogP contribution is -2.20. The number of hydrogen-bond acceptors (Lipinski definition) is 4. The number of para-hydroxylation sites is 2. The van der Waals surface area contributed by atoms with Gasteiger partial charge in [-0.25, -0.2) is 4.57 Å². The summed E-state index contributed by atoms with van der Waals surface area (Å²) in [6.45, 7) is 1.99. The molecule has 29 heavy (non-hydrogen) atoms. The molecule has 3 aromatic carbocycles. The van der Waals surface area contributed by atoms with Crippen molar-refractivity contribution in [3.05, 3.63) is 94.3 Å². The quantitative estimate of drug-likeness (QED) is 0.516. The molecule has 0 fully saturated rings. The number of benzene rings is 3. The number of ether oxygens (including phenoxy) is 1. The van der Waals surface area contributed by atoms with Gasteiger partial charge in [0.1, 0.15) is 5.75 Å². The van der Waals surface area contributed by atoms with Gasteiger partial charge in [-0.2, -0.15) is 0 Å². The first-order chi connectivity index (χ1) is 14.1. The average Bonchev–Trinajstić information content (AvgIpc) is 2.74. The molecule has 1 heterocycles. The highest BCUT2D eigenvalue weighted by atomic mass is 16.5. The van der Waals surface area contributed by atoms with Gasteiger partial charge in [0.2, 0.25) is 5.88 Å². The molecule has 5 heteroatoms. The van der Waals surface area contributed by atoms with Crippen LogP contribution >= 0.6 is 0 Å². The molecule has 1 N–H and O–H groups in total. The molecule has 0 atom stereocenters. The number of methoxy groups -OCH3 is 1. The van der Waals surface area contributed by atoms with Gasteiger partial charge in [-0.05, 0) is 42.8 Å². The van der Waals surface area contributed by atoms with Crippen LogP contribution in [0.3, 0.4) is 0 Å². The van der Waals surface area contributed by atoms with Gasteiger partial charge in [0, 0.05) is 17.0 Å². The van der Waals surface area contributed by atoms with Crippen molar-refractivity contribution in [2.24, 2.45) is 4.99 Å². The Morgan fingerprint density at radius 2 is 1.69 bits per heavy atom. The molecular weight excluding hydrogens is 364 g/mol. The van der Waals surface area contributed by atoms with Crippen molar-refractivity contribution in [2.45, 2.75) is 6.92 Å². The highest BCUT2D eigenvalue weighted by molar-refractivity contribution is 6.02. The van der Waals surface area contributed by atoms with Crippen LogP contribution in [0.15, 0.2) is 82.6 Å². The number of rotatable bonds is 4. The third kappa shape index (κ3) is 3.38. The highest BCUT2D eigenvalue weighted by Gasteiger charge is 2.18. The number of hydrogen-bond donors (Lipinski definition) is 1.